The first-order valence-corrected chi connectivity index (χ1v) is 9.90. The molecule has 0 spiro atoms. The standard InChI is InChI=1S/C17H21BIN2O2/c1-11(2)16-17(23)20-14(10-22)9-13-5-4-12(6-7-19-18)8-15(13)21(16)3/h4-5,8,11,14,16,22H,9-10H2,1-3H3,(H,20,23)/q-1/t14-,16-/m1/s1. The van der Waals surface area contributed by atoms with E-state index in [1.807, 2.05) is 44.0 Å². The van der Waals surface area contributed by atoms with E-state index >= 15 is 0 Å². The number of fused-ring (bicyclic) bond motifs is 1. The summed E-state index contributed by atoms with van der Waals surface area (Å²) in [6, 6.07) is 5.48. The van der Waals surface area contributed by atoms with E-state index in [0.29, 0.717) is 6.42 Å². The van der Waals surface area contributed by atoms with E-state index in [0.717, 1.165) is 16.8 Å². The number of hydrogen-bond donors (Lipinski definition) is 2. The molecule has 1 amide bonds. The molecule has 0 saturated carbocycles. The third kappa shape index (κ3) is 4.21. The molecule has 23 heavy (non-hydrogen) atoms. The summed E-state index contributed by atoms with van der Waals surface area (Å²) in [7, 11) is 1.94. The minimum atomic E-state index is -0.561. The second kappa shape index (κ2) is 8.07. The molecule has 1 heterocycles. The molecule has 0 aromatic heterocycles. The second-order valence-electron chi connectivity index (χ2n) is 6.06. The molecule has 122 valence electrons. The van der Waals surface area contributed by atoms with Crippen molar-refractivity contribution in [3.05, 3.63) is 29.3 Å². The van der Waals surface area contributed by atoms with Gasteiger partial charge in [-0.3, -0.25) is 0 Å². The van der Waals surface area contributed by atoms with Gasteiger partial charge in [0.2, 0.25) is 0 Å². The Morgan fingerprint density at radius 1 is 1.52 bits per heavy atom. The number of hydrogen-bond acceptors (Lipinski definition) is 3. The Kier molecular flexibility index (Phi) is 6.37. The Labute approximate surface area is 149 Å². The topological polar surface area (TPSA) is 52.6 Å². The van der Waals surface area contributed by atoms with Crippen molar-refractivity contribution in [2.24, 2.45) is 5.92 Å². The molecule has 2 radical (unpaired) electrons. The number of rotatable bonds is 2. The molecule has 0 unspecified atom stereocenters. The van der Waals surface area contributed by atoms with Gasteiger partial charge in [-0.25, -0.2) is 0 Å². The summed E-state index contributed by atoms with van der Waals surface area (Å²) in [5.41, 5.74) is 8.56. The van der Waals surface area contributed by atoms with E-state index in [-0.39, 0.29) is 30.5 Å². The normalized spacial score (nSPS) is 21.1. The zero-order valence-corrected chi connectivity index (χ0v) is 15.8. The molecular weight excluding hydrogens is 402 g/mol. The van der Waals surface area contributed by atoms with Gasteiger partial charge in [0, 0.05) is 0 Å². The summed E-state index contributed by atoms with van der Waals surface area (Å²) in [5.74, 6) is 3.18. The molecule has 0 saturated heterocycles. The molecule has 1 aliphatic rings. The van der Waals surface area contributed by atoms with Crippen LogP contribution < -0.4 is 31.2 Å². The molecule has 0 bridgehead atoms. The van der Waals surface area contributed by atoms with Gasteiger partial charge in [0.1, 0.15) is 0 Å². The van der Waals surface area contributed by atoms with Gasteiger partial charge in [-0.05, 0) is 0 Å². The second-order valence-corrected chi connectivity index (χ2v) is 7.23. The first kappa shape index (κ1) is 18.1. The van der Waals surface area contributed by atoms with Gasteiger partial charge in [0.25, 0.3) is 0 Å². The Morgan fingerprint density at radius 2 is 2.26 bits per heavy atom. The maximum absolute atomic E-state index is 12.6. The third-order valence-electron chi connectivity index (χ3n) is 4.06. The van der Waals surface area contributed by atoms with Crippen LogP contribution in [0.25, 0.3) is 0 Å². The van der Waals surface area contributed by atoms with Crippen LogP contribution in [0.15, 0.2) is 18.2 Å². The van der Waals surface area contributed by atoms with E-state index in [2.05, 4.69) is 15.2 Å². The predicted molar refractivity (Wildman–Crippen MR) is 88.8 cm³/mol. The molecule has 2 rings (SSSR count). The van der Waals surface area contributed by atoms with Gasteiger partial charge >= 0.3 is 150 Å². The van der Waals surface area contributed by atoms with E-state index in [1.165, 1.54) is 0 Å². The van der Waals surface area contributed by atoms with Gasteiger partial charge in [-0.1, -0.05) is 0 Å². The van der Waals surface area contributed by atoms with Crippen LogP contribution >= 0.6 is 0 Å². The van der Waals surface area contributed by atoms with Crippen LogP contribution in [-0.2, 0) is 11.2 Å². The summed E-state index contributed by atoms with van der Waals surface area (Å²) in [5, 5.41) is 12.5. The molecule has 2 atom stereocenters. The Morgan fingerprint density at radius 3 is 2.87 bits per heavy atom. The van der Waals surface area contributed by atoms with Crippen LogP contribution in [-0.4, -0.2) is 42.5 Å². The molecule has 0 aliphatic carbocycles. The number of amides is 1. The molecule has 0 fully saturated rings. The van der Waals surface area contributed by atoms with Crippen molar-refractivity contribution in [2.75, 3.05) is 18.6 Å². The Hall–Kier alpha value is -1.20. The quantitative estimate of drug-likeness (QED) is 0.319. The number of anilines is 1. The van der Waals surface area contributed by atoms with Gasteiger partial charge in [-0.15, -0.1) is 0 Å². The van der Waals surface area contributed by atoms with Gasteiger partial charge < -0.3 is 0 Å². The first-order chi connectivity index (χ1) is 11.0. The summed E-state index contributed by atoms with van der Waals surface area (Å²) >= 11 is -0.561. The summed E-state index contributed by atoms with van der Waals surface area (Å²) in [6.07, 6.45) is 0.601. The van der Waals surface area contributed by atoms with E-state index in [1.54, 1.807) is 0 Å². The van der Waals surface area contributed by atoms with Crippen LogP contribution in [0.4, 0.5) is 5.69 Å². The Bertz CT molecular complexity index is 639. The van der Waals surface area contributed by atoms with Crippen molar-refractivity contribution in [2.45, 2.75) is 32.4 Å². The van der Waals surface area contributed by atoms with Gasteiger partial charge in [-0.2, -0.15) is 0 Å². The SMILES string of the molecule is [B][I-]C#Cc1ccc2c(c1)N(C)[C@H](C(C)C)C(=O)N[C@@H](CO)C2. The fourth-order valence-corrected chi connectivity index (χ4v) is 3.48. The molecule has 4 nitrogen and oxygen atoms in total. The molecule has 2 N–H and O–H groups in total. The number of nitrogens with one attached hydrogen (secondary N) is 1. The van der Waals surface area contributed by atoms with Crippen LogP contribution in [0.2, 0.25) is 0 Å². The number of carbonyl (C=O) groups is 1. The van der Waals surface area contributed by atoms with Crippen molar-refractivity contribution < 1.29 is 30.9 Å². The molecular formula is C17H21BIN2O2-. The van der Waals surface area contributed by atoms with E-state index in [4.69, 9.17) is 5.70 Å². The zero-order chi connectivity index (χ0) is 17.0. The van der Waals surface area contributed by atoms with Crippen LogP contribution in [0.1, 0.15) is 25.0 Å². The van der Waals surface area contributed by atoms with Crippen molar-refractivity contribution in [3.8, 4) is 9.85 Å². The van der Waals surface area contributed by atoms with Gasteiger partial charge in [0.15, 0.2) is 0 Å². The molecule has 1 aliphatic heterocycles. The number of carbonyl (C=O) groups excluding carboxylic acids is 1. The summed E-state index contributed by atoms with van der Waals surface area (Å²) < 4.78 is 2.98. The van der Waals surface area contributed by atoms with Crippen LogP contribution in [0.3, 0.4) is 0 Å². The van der Waals surface area contributed by atoms with Crippen LogP contribution in [0, 0.1) is 15.8 Å². The number of likely N-dealkylation sites (N-methyl/N-ethyl adjacent to an activating group) is 1. The number of aliphatic hydroxyl groups excluding tert-OH is 1. The van der Waals surface area contributed by atoms with Crippen molar-refractivity contribution in [3.63, 3.8) is 0 Å². The average Bonchev–Trinajstić information content (AvgIpc) is 2.51. The van der Waals surface area contributed by atoms with Crippen molar-refractivity contribution in [1.29, 1.82) is 0 Å². The fourth-order valence-electron chi connectivity index (χ4n) is 3.01. The van der Waals surface area contributed by atoms with Crippen LogP contribution in [0.5, 0.6) is 0 Å². The minimum absolute atomic E-state index is 0.0449. The molecule has 6 heteroatoms. The third-order valence-corrected chi connectivity index (χ3v) is 4.64. The fraction of sp³-hybridized carbons (Fsp3) is 0.471. The Balaban J connectivity index is 2.51. The predicted octanol–water partition coefficient (Wildman–Crippen LogP) is -2.34. The number of benzene rings is 1. The number of aliphatic hydroxyl groups is 1. The summed E-state index contributed by atoms with van der Waals surface area (Å²) in [4.78, 5) is 14.6. The monoisotopic (exact) mass is 423 g/mol. The van der Waals surface area contributed by atoms with Gasteiger partial charge in [0.05, 0.1) is 0 Å². The average molecular weight is 423 g/mol. The molecule has 1 aromatic carbocycles. The number of halogens is 1. The summed E-state index contributed by atoms with van der Waals surface area (Å²) in [6.45, 7) is 3.98. The molecule has 1 aromatic rings. The van der Waals surface area contributed by atoms with Crippen molar-refractivity contribution >= 4 is 17.3 Å². The maximum atomic E-state index is 12.6. The first-order valence-electron chi connectivity index (χ1n) is 7.58. The van der Waals surface area contributed by atoms with E-state index in [9.17, 15) is 9.90 Å². The number of nitrogens with zero attached hydrogens (tertiary/aromatic N) is 1. The van der Waals surface area contributed by atoms with Crippen molar-refractivity contribution in [1.82, 2.24) is 5.32 Å². The zero-order valence-electron chi connectivity index (χ0n) is 13.6. The van der Waals surface area contributed by atoms with E-state index < -0.39 is 21.0 Å².